The number of hydrogen-bond donors (Lipinski definition) is 1. The van der Waals surface area contributed by atoms with Gasteiger partial charge >= 0.3 is 6.18 Å². The molecule has 0 fully saturated rings. The molecule has 0 saturated carbocycles. The predicted molar refractivity (Wildman–Crippen MR) is 67.4 cm³/mol. The number of alkyl halides is 3. The highest BCUT2D eigenvalue weighted by atomic mass is 19.4. The summed E-state index contributed by atoms with van der Waals surface area (Å²) in [4.78, 5) is 7.60. The minimum Gasteiger partial charge on any atom is -0.497 e. The summed E-state index contributed by atoms with van der Waals surface area (Å²) in [5.74, 6) is 0.158. The fourth-order valence-electron chi connectivity index (χ4n) is 1.66. The van der Waals surface area contributed by atoms with Crippen molar-refractivity contribution in [2.75, 3.05) is 12.4 Å². The summed E-state index contributed by atoms with van der Waals surface area (Å²) in [6.45, 7) is 0.205. The zero-order valence-electron chi connectivity index (χ0n) is 10.6. The third-order valence-electron chi connectivity index (χ3n) is 2.63. The second-order valence-electron chi connectivity index (χ2n) is 4.01. The summed E-state index contributed by atoms with van der Waals surface area (Å²) >= 11 is 0. The van der Waals surface area contributed by atoms with E-state index in [2.05, 4.69) is 15.3 Å². The van der Waals surface area contributed by atoms with Crippen LogP contribution >= 0.6 is 0 Å². The molecule has 20 heavy (non-hydrogen) atoms. The molecular weight excluding hydrogens is 271 g/mol. The van der Waals surface area contributed by atoms with Crippen molar-refractivity contribution in [1.82, 2.24) is 9.97 Å². The van der Waals surface area contributed by atoms with E-state index in [9.17, 15) is 13.2 Å². The minimum absolute atomic E-state index is 0.0119. The standard InChI is InChI=1S/C13H12F3N3O/c1-20-10-2-3-12(11(4-10)13(14,15)16)19-7-9-5-17-8-18-6-9/h2-6,8,19H,7H2,1H3. The summed E-state index contributed by atoms with van der Waals surface area (Å²) in [6, 6.07) is 3.77. The molecule has 0 aliphatic carbocycles. The van der Waals surface area contributed by atoms with E-state index in [1.807, 2.05) is 0 Å². The number of halogens is 3. The maximum Gasteiger partial charge on any atom is 0.418 e. The zero-order chi connectivity index (χ0) is 14.6. The van der Waals surface area contributed by atoms with Gasteiger partial charge in [-0.2, -0.15) is 13.2 Å². The first-order chi connectivity index (χ1) is 9.50. The van der Waals surface area contributed by atoms with Crippen molar-refractivity contribution in [1.29, 1.82) is 0 Å². The molecular formula is C13H12F3N3O. The third kappa shape index (κ3) is 3.37. The number of nitrogens with one attached hydrogen (secondary N) is 1. The molecule has 106 valence electrons. The summed E-state index contributed by atoms with van der Waals surface area (Å²) in [5, 5.41) is 2.73. The van der Waals surface area contributed by atoms with Crippen LogP contribution in [0.3, 0.4) is 0 Å². The monoisotopic (exact) mass is 283 g/mol. The molecule has 0 spiro atoms. The number of methoxy groups -OCH3 is 1. The minimum atomic E-state index is -4.45. The van der Waals surface area contributed by atoms with Gasteiger partial charge in [-0.25, -0.2) is 9.97 Å². The van der Waals surface area contributed by atoms with Gasteiger partial charge < -0.3 is 10.1 Å². The van der Waals surface area contributed by atoms with Gasteiger partial charge in [0.2, 0.25) is 0 Å². The molecule has 0 aliphatic heterocycles. The van der Waals surface area contributed by atoms with Crippen LogP contribution in [0.5, 0.6) is 5.75 Å². The zero-order valence-corrected chi connectivity index (χ0v) is 10.6. The fourth-order valence-corrected chi connectivity index (χ4v) is 1.66. The van der Waals surface area contributed by atoms with Crippen molar-refractivity contribution >= 4 is 5.69 Å². The predicted octanol–water partition coefficient (Wildman–Crippen LogP) is 3.12. The lowest BCUT2D eigenvalue weighted by atomic mass is 10.1. The van der Waals surface area contributed by atoms with E-state index in [4.69, 9.17) is 4.74 Å². The van der Waals surface area contributed by atoms with Crippen LogP contribution in [0.25, 0.3) is 0 Å². The first-order valence-corrected chi connectivity index (χ1v) is 5.73. The van der Waals surface area contributed by atoms with Crippen molar-refractivity contribution < 1.29 is 17.9 Å². The van der Waals surface area contributed by atoms with Crippen molar-refractivity contribution in [3.8, 4) is 5.75 Å². The van der Waals surface area contributed by atoms with E-state index >= 15 is 0 Å². The molecule has 2 aromatic rings. The molecule has 1 N–H and O–H groups in total. The number of nitrogens with zero attached hydrogens (tertiary/aromatic N) is 2. The van der Waals surface area contributed by atoms with Crippen LogP contribution in [-0.4, -0.2) is 17.1 Å². The largest absolute Gasteiger partial charge is 0.497 e. The average molecular weight is 283 g/mol. The maximum absolute atomic E-state index is 13.0. The summed E-state index contributed by atoms with van der Waals surface area (Å²) < 4.78 is 43.7. The Morgan fingerprint density at radius 2 is 1.90 bits per heavy atom. The lowest BCUT2D eigenvalue weighted by Gasteiger charge is -2.15. The molecule has 0 amide bonds. The fraction of sp³-hybridized carbons (Fsp3) is 0.231. The second kappa shape index (κ2) is 5.77. The molecule has 0 bridgehead atoms. The number of ether oxygens (including phenoxy) is 1. The van der Waals surface area contributed by atoms with Gasteiger partial charge in [-0.15, -0.1) is 0 Å². The Balaban J connectivity index is 2.23. The van der Waals surface area contributed by atoms with Crippen LogP contribution in [0.1, 0.15) is 11.1 Å². The molecule has 1 aromatic heterocycles. The van der Waals surface area contributed by atoms with Crippen molar-refractivity contribution in [3.05, 3.63) is 48.0 Å². The van der Waals surface area contributed by atoms with E-state index in [-0.39, 0.29) is 18.0 Å². The molecule has 0 radical (unpaired) electrons. The second-order valence-corrected chi connectivity index (χ2v) is 4.01. The quantitative estimate of drug-likeness (QED) is 0.936. The van der Waals surface area contributed by atoms with Gasteiger partial charge in [0.15, 0.2) is 0 Å². The molecule has 7 heteroatoms. The molecule has 0 aliphatic rings. The van der Waals surface area contributed by atoms with E-state index < -0.39 is 11.7 Å². The van der Waals surface area contributed by atoms with Crippen molar-refractivity contribution in [2.45, 2.75) is 12.7 Å². The maximum atomic E-state index is 13.0. The summed E-state index contributed by atoms with van der Waals surface area (Å²) in [5.41, 5.74) is -0.0905. The Kier molecular flexibility index (Phi) is 4.07. The highest BCUT2D eigenvalue weighted by Gasteiger charge is 2.34. The van der Waals surface area contributed by atoms with Gasteiger partial charge in [0.25, 0.3) is 0 Å². The lowest BCUT2D eigenvalue weighted by Crippen LogP contribution is -2.11. The topological polar surface area (TPSA) is 47.0 Å². The van der Waals surface area contributed by atoms with Gasteiger partial charge in [0, 0.05) is 30.2 Å². The average Bonchev–Trinajstić information content (AvgIpc) is 2.45. The molecule has 1 aromatic carbocycles. The number of benzene rings is 1. The Morgan fingerprint density at radius 3 is 2.50 bits per heavy atom. The lowest BCUT2D eigenvalue weighted by molar-refractivity contribution is -0.137. The van der Waals surface area contributed by atoms with Gasteiger partial charge in [0.1, 0.15) is 12.1 Å². The third-order valence-corrected chi connectivity index (χ3v) is 2.63. The Labute approximate surface area is 113 Å². The highest BCUT2D eigenvalue weighted by Crippen LogP contribution is 2.37. The molecule has 0 atom stereocenters. The smallest absolute Gasteiger partial charge is 0.418 e. The summed E-state index contributed by atoms with van der Waals surface area (Å²) in [6.07, 6.45) is -0.0182. The van der Waals surface area contributed by atoms with Crippen molar-refractivity contribution in [3.63, 3.8) is 0 Å². The number of hydrogen-bond acceptors (Lipinski definition) is 4. The SMILES string of the molecule is COc1ccc(NCc2cncnc2)c(C(F)(F)F)c1. The summed E-state index contributed by atoms with van der Waals surface area (Å²) in [7, 11) is 1.32. The molecule has 2 rings (SSSR count). The first-order valence-electron chi connectivity index (χ1n) is 5.73. The van der Waals surface area contributed by atoms with Crippen LogP contribution in [0, 0.1) is 0 Å². The van der Waals surface area contributed by atoms with E-state index in [1.54, 1.807) is 0 Å². The number of aromatic nitrogens is 2. The molecule has 1 heterocycles. The number of anilines is 1. The normalized spacial score (nSPS) is 11.2. The van der Waals surface area contributed by atoms with E-state index in [1.165, 1.54) is 38.0 Å². The molecule has 0 unspecified atom stereocenters. The highest BCUT2D eigenvalue weighted by molar-refractivity contribution is 5.55. The van der Waals surface area contributed by atoms with Crippen LogP contribution in [0.4, 0.5) is 18.9 Å². The van der Waals surface area contributed by atoms with Crippen LogP contribution in [-0.2, 0) is 12.7 Å². The van der Waals surface area contributed by atoms with Crippen LogP contribution in [0.2, 0.25) is 0 Å². The van der Waals surface area contributed by atoms with Gasteiger partial charge in [-0.05, 0) is 18.2 Å². The first kappa shape index (κ1) is 14.1. The molecule has 4 nitrogen and oxygen atoms in total. The van der Waals surface area contributed by atoms with Crippen LogP contribution in [0.15, 0.2) is 36.9 Å². The Bertz CT molecular complexity index is 573. The van der Waals surface area contributed by atoms with Gasteiger partial charge in [-0.3, -0.25) is 0 Å². The van der Waals surface area contributed by atoms with Gasteiger partial charge in [-0.1, -0.05) is 0 Å². The van der Waals surface area contributed by atoms with Crippen LogP contribution < -0.4 is 10.1 Å². The number of rotatable bonds is 4. The Hall–Kier alpha value is -2.31. The molecule has 0 saturated heterocycles. The van der Waals surface area contributed by atoms with E-state index in [0.29, 0.717) is 5.56 Å². The van der Waals surface area contributed by atoms with Gasteiger partial charge in [0.05, 0.1) is 12.7 Å². The van der Waals surface area contributed by atoms with E-state index in [0.717, 1.165) is 6.07 Å². The van der Waals surface area contributed by atoms with Crippen molar-refractivity contribution in [2.24, 2.45) is 0 Å². The Morgan fingerprint density at radius 1 is 1.20 bits per heavy atom.